The van der Waals surface area contributed by atoms with Gasteiger partial charge in [0.05, 0.1) is 22.1 Å². The highest BCUT2D eigenvalue weighted by Gasteiger charge is 2.21. The Kier molecular flexibility index (Phi) is 7.53. The molecule has 9 aromatic carbocycles. The Labute approximate surface area is 325 Å². The molecule has 0 N–H and O–H groups in total. The highest BCUT2D eigenvalue weighted by molar-refractivity contribution is 6.18. The molecule has 56 heavy (non-hydrogen) atoms. The average Bonchev–Trinajstić information content (AvgIpc) is 3.80. The van der Waals surface area contributed by atoms with Crippen molar-refractivity contribution in [2.45, 2.75) is 0 Å². The zero-order valence-corrected chi connectivity index (χ0v) is 30.7. The molecule has 0 aliphatic carbocycles. The van der Waals surface area contributed by atoms with Gasteiger partial charge in [-0.3, -0.25) is 0 Å². The molecule has 2 heterocycles. The Morgan fingerprint density at radius 3 is 1.16 bits per heavy atom. The summed E-state index contributed by atoms with van der Waals surface area (Å²) in [4.78, 5) is 0. The number of hydrogen-bond acceptors (Lipinski definition) is 0. The van der Waals surface area contributed by atoms with Crippen LogP contribution in [0.4, 0.5) is 0 Å². The van der Waals surface area contributed by atoms with E-state index in [4.69, 9.17) is 0 Å². The van der Waals surface area contributed by atoms with Gasteiger partial charge in [0.25, 0.3) is 0 Å². The second kappa shape index (κ2) is 13.2. The van der Waals surface area contributed by atoms with Crippen LogP contribution in [0, 0.1) is 0 Å². The highest BCUT2D eigenvalue weighted by Crippen LogP contribution is 2.45. The number of para-hydroxylation sites is 3. The number of rotatable bonds is 6. The maximum Gasteiger partial charge on any atom is 0.0619 e. The molecule has 0 aliphatic heterocycles. The fraction of sp³-hybridized carbons (Fsp3) is 0. The molecule has 0 atom stereocenters. The molecule has 11 rings (SSSR count). The molecule has 0 saturated carbocycles. The van der Waals surface area contributed by atoms with Gasteiger partial charge in [0.2, 0.25) is 0 Å². The zero-order chi connectivity index (χ0) is 37.0. The van der Waals surface area contributed by atoms with E-state index in [1.807, 2.05) is 0 Å². The van der Waals surface area contributed by atoms with Crippen molar-refractivity contribution in [3.05, 3.63) is 218 Å². The Hall–Kier alpha value is -7.42. The first-order valence-electron chi connectivity index (χ1n) is 19.3. The van der Waals surface area contributed by atoms with Crippen molar-refractivity contribution in [2.75, 3.05) is 0 Å². The van der Waals surface area contributed by atoms with Gasteiger partial charge in [-0.05, 0) is 100 Å². The van der Waals surface area contributed by atoms with E-state index >= 15 is 0 Å². The van der Waals surface area contributed by atoms with E-state index in [0.717, 1.165) is 11.4 Å². The Bertz CT molecular complexity index is 3200. The molecular weight excluding hydrogens is 677 g/mol. The van der Waals surface area contributed by atoms with Gasteiger partial charge in [0.15, 0.2) is 0 Å². The molecule has 0 amide bonds. The van der Waals surface area contributed by atoms with Gasteiger partial charge in [-0.2, -0.15) is 0 Å². The van der Waals surface area contributed by atoms with E-state index in [2.05, 4.69) is 228 Å². The van der Waals surface area contributed by atoms with Crippen LogP contribution in [-0.4, -0.2) is 9.13 Å². The fourth-order valence-corrected chi connectivity index (χ4v) is 8.75. The van der Waals surface area contributed by atoms with Crippen molar-refractivity contribution in [1.29, 1.82) is 0 Å². The number of fused-ring (bicyclic) bond motifs is 6. The minimum Gasteiger partial charge on any atom is -0.309 e. The molecular formula is C54H36N2. The van der Waals surface area contributed by atoms with E-state index < -0.39 is 0 Å². The van der Waals surface area contributed by atoms with Gasteiger partial charge in [-0.1, -0.05) is 152 Å². The predicted octanol–water partition coefficient (Wildman–Crippen LogP) is 14.5. The summed E-state index contributed by atoms with van der Waals surface area (Å²) in [6.45, 7) is 0. The Balaban J connectivity index is 1.24. The molecule has 0 fully saturated rings. The molecule has 262 valence electrons. The predicted molar refractivity (Wildman–Crippen MR) is 237 cm³/mol. The van der Waals surface area contributed by atoms with Gasteiger partial charge in [0.1, 0.15) is 0 Å². The average molecular weight is 713 g/mol. The summed E-state index contributed by atoms with van der Waals surface area (Å²) >= 11 is 0. The minimum absolute atomic E-state index is 1.14. The summed E-state index contributed by atoms with van der Waals surface area (Å²) in [6.07, 6.45) is 0. The molecule has 2 nitrogen and oxygen atoms in total. The van der Waals surface area contributed by atoms with E-state index in [-0.39, 0.29) is 0 Å². The van der Waals surface area contributed by atoms with Gasteiger partial charge in [0, 0.05) is 44.0 Å². The van der Waals surface area contributed by atoms with Crippen LogP contribution >= 0.6 is 0 Å². The van der Waals surface area contributed by atoms with Crippen molar-refractivity contribution in [3.8, 4) is 55.9 Å². The monoisotopic (exact) mass is 712 g/mol. The lowest BCUT2D eigenvalue weighted by atomic mass is 9.93. The SMILES string of the molecule is c1ccc(-c2cc(-c3ccccc3)c3c(c2)c2cc(-c4cc(-c5ccccc5)c5c(c4)c4ccccc4n5-c4ccccc4)ccc2n3-c2ccccc2)cc1. The summed E-state index contributed by atoms with van der Waals surface area (Å²) in [5.41, 5.74) is 16.7. The van der Waals surface area contributed by atoms with Gasteiger partial charge >= 0.3 is 0 Å². The van der Waals surface area contributed by atoms with Crippen LogP contribution in [0.5, 0.6) is 0 Å². The Morgan fingerprint density at radius 1 is 0.232 bits per heavy atom. The Morgan fingerprint density at radius 2 is 0.625 bits per heavy atom. The van der Waals surface area contributed by atoms with Crippen molar-refractivity contribution in [3.63, 3.8) is 0 Å². The normalized spacial score (nSPS) is 11.6. The summed E-state index contributed by atoms with van der Waals surface area (Å²) < 4.78 is 4.89. The maximum absolute atomic E-state index is 2.46. The lowest BCUT2D eigenvalue weighted by Gasteiger charge is -2.14. The largest absolute Gasteiger partial charge is 0.309 e. The fourth-order valence-electron chi connectivity index (χ4n) is 8.75. The van der Waals surface area contributed by atoms with Crippen LogP contribution in [0.15, 0.2) is 218 Å². The van der Waals surface area contributed by atoms with E-state index in [1.165, 1.54) is 88.1 Å². The molecule has 11 aromatic rings. The van der Waals surface area contributed by atoms with Crippen LogP contribution in [0.1, 0.15) is 0 Å². The molecule has 0 saturated heterocycles. The van der Waals surface area contributed by atoms with Gasteiger partial charge in [-0.15, -0.1) is 0 Å². The van der Waals surface area contributed by atoms with E-state index in [9.17, 15) is 0 Å². The quantitative estimate of drug-likeness (QED) is 0.162. The molecule has 0 aliphatic rings. The lowest BCUT2D eigenvalue weighted by molar-refractivity contribution is 1.18. The third-order valence-corrected chi connectivity index (χ3v) is 11.3. The highest BCUT2D eigenvalue weighted by atomic mass is 15.0. The van der Waals surface area contributed by atoms with Crippen LogP contribution < -0.4 is 0 Å². The van der Waals surface area contributed by atoms with Crippen molar-refractivity contribution in [2.24, 2.45) is 0 Å². The summed E-state index contributed by atoms with van der Waals surface area (Å²) in [7, 11) is 0. The maximum atomic E-state index is 2.46. The van der Waals surface area contributed by atoms with Crippen molar-refractivity contribution in [1.82, 2.24) is 9.13 Å². The minimum atomic E-state index is 1.14. The van der Waals surface area contributed by atoms with Crippen LogP contribution in [0.2, 0.25) is 0 Å². The van der Waals surface area contributed by atoms with Gasteiger partial charge < -0.3 is 9.13 Å². The number of aromatic nitrogens is 2. The first-order chi connectivity index (χ1) is 27.8. The van der Waals surface area contributed by atoms with Crippen LogP contribution in [0.25, 0.3) is 99.5 Å². The molecule has 0 unspecified atom stereocenters. The first-order valence-corrected chi connectivity index (χ1v) is 19.3. The zero-order valence-electron chi connectivity index (χ0n) is 30.7. The summed E-state index contributed by atoms with van der Waals surface area (Å²) in [6, 6.07) is 79.5. The third-order valence-electron chi connectivity index (χ3n) is 11.3. The number of nitrogens with zero attached hydrogens (tertiary/aromatic N) is 2. The molecule has 2 heteroatoms. The molecule has 0 bridgehead atoms. The molecule has 0 spiro atoms. The first kappa shape index (κ1) is 32.0. The second-order valence-corrected chi connectivity index (χ2v) is 14.5. The molecule has 0 radical (unpaired) electrons. The second-order valence-electron chi connectivity index (χ2n) is 14.5. The van der Waals surface area contributed by atoms with Crippen molar-refractivity contribution >= 4 is 43.6 Å². The number of hydrogen-bond donors (Lipinski definition) is 0. The van der Waals surface area contributed by atoms with Crippen LogP contribution in [0.3, 0.4) is 0 Å². The van der Waals surface area contributed by atoms with Crippen molar-refractivity contribution < 1.29 is 0 Å². The third kappa shape index (κ3) is 5.19. The molecule has 2 aromatic heterocycles. The van der Waals surface area contributed by atoms with Gasteiger partial charge in [-0.25, -0.2) is 0 Å². The summed E-state index contributed by atoms with van der Waals surface area (Å²) in [5, 5.41) is 4.94. The topological polar surface area (TPSA) is 9.86 Å². The van der Waals surface area contributed by atoms with E-state index in [1.54, 1.807) is 0 Å². The standard InChI is InChI=1S/C54H36N2/c1-6-18-37(19-7-1)41-33-46(38-20-8-2-9-21-38)54-50(35-41)48-32-40(30-31-52(48)56(54)44-26-14-5-15-27-44)42-34-47(39-22-10-3-11-23-39)53-49(36-42)45-28-16-17-29-51(45)55(53)43-24-12-4-13-25-43/h1-36H. The smallest absolute Gasteiger partial charge is 0.0619 e. The lowest BCUT2D eigenvalue weighted by Crippen LogP contribution is -1.96. The number of benzene rings is 9. The summed E-state index contributed by atoms with van der Waals surface area (Å²) in [5.74, 6) is 0. The van der Waals surface area contributed by atoms with E-state index in [0.29, 0.717) is 0 Å². The van der Waals surface area contributed by atoms with Crippen LogP contribution in [-0.2, 0) is 0 Å².